The van der Waals surface area contributed by atoms with Crippen molar-refractivity contribution in [2.24, 2.45) is 5.92 Å². The summed E-state index contributed by atoms with van der Waals surface area (Å²) in [5, 5.41) is 3.82. The molecule has 0 aromatic heterocycles. The van der Waals surface area contributed by atoms with E-state index in [1.54, 1.807) is 0 Å². The standard InChI is InChI=1S/C18H29N/c1-4-18(16-8-6-5-7-9-16)19-13-17-11-10-14(2)12-15(17)3/h10-12,16,18-19H,4-9,13H2,1-3H3. The average Bonchev–Trinajstić information content (AvgIpc) is 2.43. The van der Waals surface area contributed by atoms with Gasteiger partial charge in [-0.3, -0.25) is 0 Å². The molecule has 1 heteroatoms. The molecule has 1 fully saturated rings. The largest absolute Gasteiger partial charge is 0.310 e. The van der Waals surface area contributed by atoms with Crippen LogP contribution in [0.15, 0.2) is 18.2 Å². The lowest BCUT2D eigenvalue weighted by Crippen LogP contribution is -2.36. The maximum absolute atomic E-state index is 3.82. The molecule has 0 bridgehead atoms. The van der Waals surface area contributed by atoms with Crippen molar-refractivity contribution in [2.45, 2.75) is 71.9 Å². The van der Waals surface area contributed by atoms with E-state index >= 15 is 0 Å². The Morgan fingerprint density at radius 1 is 1.16 bits per heavy atom. The molecule has 1 N–H and O–H groups in total. The molecule has 1 aliphatic rings. The molecule has 0 spiro atoms. The number of rotatable bonds is 5. The van der Waals surface area contributed by atoms with Gasteiger partial charge in [0.25, 0.3) is 0 Å². The van der Waals surface area contributed by atoms with E-state index in [-0.39, 0.29) is 0 Å². The fraction of sp³-hybridized carbons (Fsp3) is 0.667. The molecule has 106 valence electrons. The number of hydrogen-bond acceptors (Lipinski definition) is 1. The summed E-state index contributed by atoms with van der Waals surface area (Å²) in [5.41, 5.74) is 4.24. The zero-order chi connectivity index (χ0) is 13.7. The quantitative estimate of drug-likeness (QED) is 0.804. The molecule has 1 aromatic rings. The molecule has 1 aromatic carbocycles. The molecular formula is C18H29N. The highest BCUT2D eigenvalue weighted by atomic mass is 14.9. The topological polar surface area (TPSA) is 12.0 Å². The number of hydrogen-bond donors (Lipinski definition) is 1. The lowest BCUT2D eigenvalue weighted by atomic mass is 9.83. The van der Waals surface area contributed by atoms with Gasteiger partial charge in [-0.25, -0.2) is 0 Å². The SMILES string of the molecule is CCC(NCc1ccc(C)cc1C)C1CCCCC1. The van der Waals surface area contributed by atoms with E-state index in [0.29, 0.717) is 6.04 Å². The van der Waals surface area contributed by atoms with Crippen LogP contribution in [-0.4, -0.2) is 6.04 Å². The van der Waals surface area contributed by atoms with E-state index in [9.17, 15) is 0 Å². The van der Waals surface area contributed by atoms with Crippen molar-refractivity contribution in [1.29, 1.82) is 0 Å². The van der Waals surface area contributed by atoms with Gasteiger partial charge in [0.15, 0.2) is 0 Å². The second-order valence-corrected chi connectivity index (χ2v) is 6.22. The molecular weight excluding hydrogens is 230 g/mol. The Morgan fingerprint density at radius 2 is 1.89 bits per heavy atom. The van der Waals surface area contributed by atoms with Crippen LogP contribution in [0.4, 0.5) is 0 Å². The summed E-state index contributed by atoms with van der Waals surface area (Å²) in [7, 11) is 0. The van der Waals surface area contributed by atoms with Gasteiger partial charge in [-0.05, 0) is 50.2 Å². The van der Waals surface area contributed by atoms with Gasteiger partial charge in [0.2, 0.25) is 0 Å². The smallest absolute Gasteiger partial charge is 0.0210 e. The summed E-state index contributed by atoms with van der Waals surface area (Å²) in [6, 6.07) is 7.51. The van der Waals surface area contributed by atoms with Crippen LogP contribution in [0.3, 0.4) is 0 Å². The first-order valence-corrected chi connectivity index (χ1v) is 8.00. The second kappa shape index (κ2) is 7.09. The molecule has 0 saturated heterocycles. The van der Waals surface area contributed by atoms with E-state index in [1.807, 2.05) is 0 Å². The van der Waals surface area contributed by atoms with Crippen LogP contribution in [0.1, 0.15) is 62.1 Å². The van der Waals surface area contributed by atoms with Gasteiger partial charge in [-0.2, -0.15) is 0 Å². The number of aryl methyl sites for hydroxylation is 2. The Bertz CT molecular complexity index is 391. The van der Waals surface area contributed by atoms with E-state index < -0.39 is 0 Å². The van der Waals surface area contributed by atoms with E-state index in [4.69, 9.17) is 0 Å². The monoisotopic (exact) mass is 259 g/mol. The molecule has 1 aliphatic carbocycles. The fourth-order valence-corrected chi connectivity index (χ4v) is 3.47. The average molecular weight is 259 g/mol. The van der Waals surface area contributed by atoms with Crippen molar-refractivity contribution >= 4 is 0 Å². The Hall–Kier alpha value is -0.820. The molecule has 1 atom stereocenters. The first-order valence-electron chi connectivity index (χ1n) is 8.00. The van der Waals surface area contributed by atoms with Crippen LogP contribution < -0.4 is 5.32 Å². The predicted octanol–water partition coefficient (Wildman–Crippen LogP) is 4.75. The zero-order valence-corrected chi connectivity index (χ0v) is 12.8. The predicted molar refractivity (Wildman–Crippen MR) is 83.4 cm³/mol. The van der Waals surface area contributed by atoms with E-state index in [1.165, 1.54) is 55.2 Å². The first kappa shape index (κ1) is 14.6. The normalized spacial score (nSPS) is 18.5. The van der Waals surface area contributed by atoms with Crippen LogP contribution in [0.25, 0.3) is 0 Å². The maximum Gasteiger partial charge on any atom is 0.0210 e. The highest BCUT2D eigenvalue weighted by Crippen LogP contribution is 2.28. The molecule has 2 rings (SSSR count). The van der Waals surface area contributed by atoms with E-state index in [0.717, 1.165) is 12.5 Å². The van der Waals surface area contributed by atoms with Crippen molar-refractivity contribution in [2.75, 3.05) is 0 Å². The van der Waals surface area contributed by atoms with Crippen LogP contribution in [-0.2, 0) is 6.54 Å². The third-order valence-electron chi connectivity index (χ3n) is 4.71. The third kappa shape index (κ3) is 4.07. The van der Waals surface area contributed by atoms with Crippen molar-refractivity contribution in [3.8, 4) is 0 Å². The molecule has 0 radical (unpaired) electrons. The summed E-state index contributed by atoms with van der Waals surface area (Å²) >= 11 is 0. The lowest BCUT2D eigenvalue weighted by Gasteiger charge is -2.30. The van der Waals surface area contributed by atoms with Crippen LogP contribution in [0, 0.1) is 19.8 Å². The third-order valence-corrected chi connectivity index (χ3v) is 4.71. The minimum absolute atomic E-state index is 0.709. The van der Waals surface area contributed by atoms with Crippen molar-refractivity contribution in [3.63, 3.8) is 0 Å². The molecule has 1 unspecified atom stereocenters. The summed E-state index contributed by atoms with van der Waals surface area (Å²) in [4.78, 5) is 0. The summed E-state index contributed by atoms with van der Waals surface area (Å²) < 4.78 is 0. The van der Waals surface area contributed by atoms with Gasteiger partial charge in [0.05, 0.1) is 0 Å². The maximum atomic E-state index is 3.82. The van der Waals surface area contributed by atoms with E-state index in [2.05, 4.69) is 44.3 Å². The fourth-order valence-electron chi connectivity index (χ4n) is 3.47. The molecule has 0 aliphatic heterocycles. The minimum atomic E-state index is 0.709. The highest BCUT2D eigenvalue weighted by Gasteiger charge is 2.21. The van der Waals surface area contributed by atoms with Gasteiger partial charge in [-0.15, -0.1) is 0 Å². The molecule has 0 heterocycles. The summed E-state index contributed by atoms with van der Waals surface area (Å²) in [6.07, 6.45) is 8.44. The Labute approximate surface area is 118 Å². The zero-order valence-electron chi connectivity index (χ0n) is 12.8. The molecule has 1 nitrogen and oxygen atoms in total. The van der Waals surface area contributed by atoms with Gasteiger partial charge in [-0.1, -0.05) is 49.9 Å². The van der Waals surface area contributed by atoms with Gasteiger partial charge < -0.3 is 5.32 Å². The van der Waals surface area contributed by atoms with Gasteiger partial charge >= 0.3 is 0 Å². The first-order chi connectivity index (χ1) is 9.20. The molecule has 0 amide bonds. The van der Waals surface area contributed by atoms with Crippen molar-refractivity contribution < 1.29 is 0 Å². The Kier molecular flexibility index (Phi) is 5.45. The van der Waals surface area contributed by atoms with Gasteiger partial charge in [0, 0.05) is 12.6 Å². The molecule has 19 heavy (non-hydrogen) atoms. The summed E-state index contributed by atoms with van der Waals surface area (Å²) in [5.74, 6) is 0.907. The van der Waals surface area contributed by atoms with Crippen molar-refractivity contribution in [1.82, 2.24) is 5.32 Å². The molecule has 1 saturated carbocycles. The highest BCUT2D eigenvalue weighted by molar-refractivity contribution is 5.30. The number of benzene rings is 1. The van der Waals surface area contributed by atoms with Gasteiger partial charge in [0.1, 0.15) is 0 Å². The Morgan fingerprint density at radius 3 is 2.53 bits per heavy atom. The summed E-state index contributed by atoms with van der Waals surface area (Å²) in [6.45, 7) is 7.75. The lowest BCUT2D eigenvalue weighted by molar-refractivity contribution is 0.261. The van der Waals surface area contributed by atoms with Crippen molar-refractivity contribution in [3.05, 3.63) is 34.9 Å². The Balaban J connectivity index is 1.91. The number of nitrogens with one attached hydrogen (secondary N) is 1. The minimum Gasteiger partial charge on any atom is -0.310 e. The van der Waals surface area contributed by atoms with Crippen LogP contribution >= 0.6 is 0 Å². The van der Waals surface area contributed by atoms with Crippen LogP contribution in [0.2, 0.25) is 0 Å². The van der Waals surface area contributed by atoms with Crippen LogP contribution in [0.5, 0.6) is 0 Å². The second-order valence-electron chi connectivity index (χ2n) is 6.22.